The first-order chi connectivity index (χ1) is 8.03. The molecule has 0 aliphatic carbocycles. The maximum Gasteiger partial charge on any atom is 0.0753 e. The summed E-state index contributed by atoms with van der Waals surface area (Å²) in [5, 5.41) is 2.15. The van der Waals surface area contributed by atoms with Crippen molar-refractivity contribution in [2.24, 2.45) is 5.73 Å². The summed E-state index contributed by atoms with van der Waals surface area (Å²) in [6.07, 6.45) is 0. The summed E-state index contributed by atoms with van der Waals surface area (Å²) in [7, 11) is 0. The number of ether oxygens (including phenoxy) is 1. The summed E-state index contributed by atoms with van der Waals surface area (Å²) in [5.74, 6) is 0. The molecule has 1 aliphatic rings. The summed E-state index contributed by atoms with van der Waals surface area (Å²) < 4.78 is 5.76. The zero-order valence-corrected chi connectivity index (χ0v) is 11.7. The lowest BCUT2D eigenvalue weighted by atomic mass is 10.0. The van der Waals surface area contributed by atoms with Crippen LogP contribution < -0.4 is 5.73 Å². The Morgan fingerprint density at radius 2 is 2.35 bits per heavy atom. The quantitative estimate of drug-likeness (QED) is 0.898. The van der Waals surface area contributed by atoms with Gasteiger partial charge in [-0.25, -0.2) is 0 Å². The zero-order chi connectivity index (χ0) is 12.5. The first-order valence-corrected chi connectivity index (χ1v) is 7.03. The average Bonchev–Trinajstić information content (AvgIpc) is 2.65. The molecule has 0 bridgehead atoms. The van der Waals surface area contributed by atoms with Crippen LogP contribution in [0.15, 0.2) is 11.4 Å². The summed E-state index contributed by atoms with van der Waals surface area (Å²) in [6.45, 7) is 9.86. The van der Waals surface area contributed by atoms with Gasteiger partial charge < -0.3 is 10.5 Å². The number of nitrogens with two attached hydrogens (primary N) is 1. The van der Waals surface area contributed by atoms with Gasteiger partial charge in [0.2, 0.25) is 0 Å². The fourth-order valence-corrected chi connectivity index (χ4v) is 3.54. The molecule has 0 saturated carbocycles. The van der Waals surface area contributed by atoms with Crippen molar-refractivity contribution >= 4 is 11.3 Å². The molecule has 4 heteroatoms. The van der Waals surface area contributed by atoms with Crippen LogP contribution >= 0.6 is 11.3 Å². The molecule has 0 radical (unpaired) electrons. The van der Waals surface area contributed by atoms with Crippen molar-refractivity contribution in [3.8, 4) is 0 Å². The second kappa shape index (κ2) is 5.06. The number of aryl methyl sites for hydroxylation is 1. The Bertz CT molecular complexity index is 375. The van der Waals surface area contributed by atoms with Crippen LogP contribution in [0.4, 0.5) is 0 Å². The number of morpholine rings is 1. The maximum absolute atomic E-state index is 5.98. The lowest BCUT2D eigenvalue weighted by Gasteiger charge is -2.41. The Balaban J connectivity index is 2.16. The highest BCUT2D eigenvalue weighted by molar-refractivity contribution is 7.10. The summed E-state index contributed by atoms with van der Waals surface area (Å²) in [5.41, 5.74) is 7.27. The largest absolute Gasteiger partial charge is 0.373 e. The minimum atomic E-state index is -0.0587. The molecule has 1 unspecified atom stereocenters. The average molecular weight is 254 g/mol. The third kappa shape index (κ3) is 2.88. The van der Waals surface area contributed by atoms with Gasteiger partial charge >= 0.3 is 0 Å². The summed E-state index contributed by atoms with van der Waals surface area (Å²) >= 11 is 1.81. The van der Waals surface area contributed by atoms with Crippen LogP contribution in [0.2, 0.25) is 0 Å². The van der Waals surface area contributed by atoms with Gasteiger partial charge in [-0.05, 0) is 37.8 Å². The highest BCUT2D eigenvalue weighted by Gasteiger charge is 2.32. The van der Waals surface area contributed by atoms with Crippen LogP contribution in [0.5, 0.6) is 0 Å². The molecular formula is C13H22N2OS. The Labute approximate surface area is 108 Å². The van der Waals surface area contributed by atoms with E-state index in [0.29, 0.717) is 12.6 Å². The topological polar surface area (TPSA) is 38.5 Å². The Hall–Kier alpha value is -0.420. The molecule has 0 spiro atoms. The molecule has 2 N–H and O–H groups in total. The van der Waals surface area contributed by atoms with E-state index >= 15 is 0 Å². The number of rotatable bonds is 3. The van der Waals surface area contributed by atoms with E-state index in [-0.39, 0.29) is 5.60 Å². The van der Waals surface area contributed by atoms with Crippen LogP contribution in [0.25, 0.3) is 0 Å². The van der Waals surface area contributed by atoms with Crippen molar-refractivity contribution in [1.29, 1.82) is 0 Å². The van der Waals surface area contributed by atoms with E-state index < -0.39 is 0 Å². The maximum atomic E-state index is 5.98. The Morgan fingerprint density at radius 1 is 1.59 bits per heavy atom. The van der Waals surface area contributed by atoms with E-state index in [9.17, 15) is 0 Å². The number of thiophene rings is 1. The molecule has 1 aliphatic heterocycles. The van der Waals surface area contributed by atoms with E-state index in [1.807, 2.05) is 11.3 Å². The number of hydrogen-bond acceptors (Lipinski definition) is 4. The minimum Gasteiger partial charge on any atom is -0.373 e. The van der Waals surface area contributed by atoms with Crippen molar-refractivity contribution in [2.75, 3.05) is 26.2 Å². The van der Waals surface area contributed by atoms with E-state index in [1.165, 1.54) is 10.4 Å². The van der Waals surface area contributed by atoms with Gasteiger partial charge in [-0.1, -0.05) is 0 Å². The highest BCUT2D eigenvalue weighted by Crippen LogP contribution is 2.31. The normalized spacial score (nSPS) is 22.6. The third-order valence-corrected chi connectivity index (χ3v) is 4.44. The van der Waals surface area contributed by atoms with Crippen LogP contribution in [0.3, 0.4) is 0 Å². The van der Waals surface area contributed by atoms with E-state index in [2.05, 4.69) is 37.1 Å². The number of hydrogen-bond donors (Lipinski definition) is 1. The van der Waals surface area contributed by atoms with Crippen molar-refractivity contribution in [1.82, 2.24) is 4.90 Å². The molecule has 3 nitrogen and oxygen atoms in total. The predicted molar refractivity (Wildman–Crippen MR) is 72.5 cm³/mol. The zero-order valence-electron chi connectivity index (χ0n) is 10.9. The minimum absolute atomic E-state index is 0.0587. The van der Waals surface area contributed by atoms with Gasteiger partial charge in [0.25, 0.3) is 0 Å². The number of nitrogens with zero attached hydrogens (tertiary/aromatic N) is 1. The van der Waals surface area contributed by atoms with Gasteiger partial charge in [0, 0.05) is 24.5 Å². The fourth-order valence-electron chi connectivity index (χ4n) is 2.47. The van der Waals surface area contributed by atoms with Crippen LogP contribution in [0.1, 0.15) is 30.3 Å². The molecule has 96 valence electrons. The second-order valence-corrected chi connectivity index (χ2v) is 6.25. The highest BCUT2D eigenvalue weighted by atomic mass is 32.1. The molecular weight excluding hydrogens is 232 g/mol. The molecule has 1 aromatic heterocycles. The SMILES string of the molecule is Cc1ccsc1C(CN)N1CCOC(C)(C)C1. The molecule has 1 fully saturated rings. The van der Waals surface area contributed by atoms with E-state index in [1.54, 1.807) is 0 Å². The van der Waals surface area contributed by atoms with E-state index in [0.717, 1.165) is 19.7 Å². The predicted octanol–water partition coefficient (Wildman–Crippen LogP) is 2.17. The van der Waals surface area contributed by atoms with Gasteiger partial charge in [0.15, 0.2) is 0 Å². The molecule has 0 amide bonds. The molecule has 2 rings (SSSR count). The summed E-state index contributed by atoms with van der Waals surface area (Å²) in [6, 6.07) is 2.52. The summed E-state index contributed by atoms with van der Waals surface area (Å²) in [4.78, 5) is 3.87. The lowest BCUT2D eigenvalue weighted by Crippen LogP contribution is -2.50. The lowest BCUT2D eigenvalue weighted by molar-refractivity contribution is -0.0964. The van der Waals surface area contributed by atoms with Gasteiger partial charge in [0.1, 0.15) is 0 Å². The van der Waals surface area contributed by atoms with Crippen molar-refractivity contribution in [3.05, 3.63) is 21.9 Å². The van der Waals surface area contributed by atoms with Gasteiger partial charge in [-0.3, -0.25) is 4.90 Å². The standard InChI is InChI=1S/C13H22N2OS/c1-10-4-7-17-12(10)11(8-14)15-5-6-16-13(2,3)9-15/h4,7,11H,5-6,8-9,14H2,1-3H3. The van der Waals surface area contributed by atoms with E-state index in [4.69, 9.17) is 10.5 Å². The Kier molecular flexibility index (Phi) is 3.88. The third-order valence-electron chi connectivity index (χ3n) is 3.32. The molecule has 0 aromatic carbocycles. The first-order valence-electron chi connectivity index (χ1n) is 6.15. The second-order valence-electron chi connectivity index (χ2n) is 5.30. The van der Waals surface area contributed by atoms with Crippen LogP contribution in [0, 0.1) is 6.92 Å². The molecule has 1 saturated heterocycles. The Morgan fingerprint density at radius 3 is 2.88 bits per heavy atom. The van der Waals surface area contributed by atoms with Crippen molar-refractivity contribution in [2.45, 2.75) is 32.4 Å². The van der Waals surface area contributed by atoms with Gasteiger partial charge in [-0.2, -0.15) is 0 Å². The fraction of sp³-hybridized carbons (Fsp3) is 0.692. The van der Waals surface area contributed by atoms with Crippen molar-refractivity contribution < 1.29 is 4.74 Å². The molecule has 1 aromatic rings. The first kappa shape index (κ1) is 13.0. The molecule has 17 heavy (non-hydrogen) atoms. The van der Waals surface area contributed by atoms with Crippen molar-refractivity contribution in [3.63, 3.8) is 0 Å². The van der Waals surface area contributed by atoms with Gasteiger partial charge in [0.05, 0.1) is 18.2 Å². The smallest absolute Gasteiger partial charge is 0.0753 e. The molecule has 2 heterocycles. The monoisotopic (exact) mass is 254 g/mol. The molecule has 1 atom stereocenters. The van der Waals surface area contributed by atoms with Crippen LogP contribution in [-0.2, 0) is 4.74 Å². The van der Waals surface area contributed by atoms with Gasteiger partial charge in [-0.15, -0.1) is 11.3 Å². The van der Waals surface area contributed by atoms with Crippen LogP contribution in [-0.4, -0.2) is 36.7 Å².